The SMILES string of the molecule is CC(=O)O.CC(C)(C)OC(=O)N1CCC(CNC(=O)C(N)C2CCCCC2)CC1. The first-order chi connectivity index (χ1) is 13.5. The van der Waals surface area contributed by atoms with Crippen LogP contribution in [0.4, 0.5) is 4.79 Å². The maximum Gasteiger partial charge on any atom is 0.410 e. The highest BCUT2D eigenvalue weighted by Gasteiger charge is 2.29. The van der Waals surface area contributed by atoms with Gasteiger partial charge in [0.15, 0.2) is 0 Å². The standard InChI is InChI=1S/C19H35N3O3.C2H4O2/c1-19(2,3)25-18(24)22-11-9-14(10-12-22)13-21-17(23)16(20)15-7-5-4-6-8-15;1-2(3)4/h14-16H,4-13,20H2,1-3H3,(H,21,23);1H3,(H,3,4). The zero-order valence-corrected chi connectivity index (χ0v) is 18.4. The Bertz CT molecular complexity index is 529. The number of carboxylic acid groups (broad SMARTS) is 1. The Hall–Kier alpha value is -1.83. The molecule has 1 unspecified atom stereocenters. The molecule has 4 N–H and O–H groups in total. The number of aliphatic carboxylic acids is 1. The van der Waals surface area contributed by atoms with Gasteiger partial charge in [-0.15, -0.1) is 0 Å². The number of nitrogens with one attached hydrogen (secondary N) is 1. The first-order valence-corrected chi connectivity index (χ1v) is 10.7. The Morgan fingerprint density at radius 3 is 2.10 bits per heavy atom. The van der Waals surface area contributed by atoms with Crippen molar-refractivity contribution in [2.75, 3.05) is 19.6 Å². The maximum atomic E-state index is 12.3. The fraction of sp³-hybridized carbons (Fsp3) is 0.857. The number of ether oxygens (including phenoxy) is 1. The number of hydrogen-bond acceptors (Lipinski definition) is 5. The molecule has 1 aliphatic carbocycles. The van der Waals surface area contributed by atoms with Crippen LogP contribution in [0.2, 0.25) is 0 Å². The summed E-state index contributed by atoms with van der Waals surface area (Å²) in [7, 11) is 0. The average molecular weight is 414 g/mol. The van der Waals surface area contributed by atoms with Crippen LogP contribution >= 0.6 is 0 Å². The molecule has 8 heteroatoms. The van der Waals surface area contributed by atoms with Crippen LogP contribution in [0.3, 0.4) is 0 Å². The van der Waals surface area contributed by atoms with E-state index < -0.39 is 11.6 Å². The van der Waals surface area contributed by atoms with Gasteiger partial charge in [0.2, 0.25) is 5.91 Å². The first-order valence-electron chi connectivity index (χ1n) is 10.7. The van der Waals surface area contributed by atoms with E-state index in [2.05, 4.69) is 5.32 Å². The number of amides is 2. The van der Waals surface area contributed by atoms with E-state index in [0.29, 0.717) is 31.5 Å². The summed E-state index contributed by atoms with van der Waals surface area (Å²) in [4.78, 5) is 35.1. The van der Waals surface area contributed by atoms with Gasteiger partial charge in [-0.05, 0) is 58.3 Å². The Kier molecular flexibility index (Phi) is 10.4. The van der Waals surface area contributed by atoms with Crippen molar-refractivity contribution < 1.29 is 24.2 Å². The fourth-order valence-corrected chi connectivity index (χ4v) is 3.72. The zero-order valence-electron chi connectivity index (χ0n) is 18.4. The van der Waals surface area contributed by atoms with E-state index in [1.165, 1.54) is 19.3 Å². The molecule has 1 saturated carbocycles. The van der Waals surface area contributed by atoms with Crippen molar-refractivity contribution in [3.8, 4) is 0 Å². The van der Waals surface area contributed by atoms with Gasteiger partial charge in [-0.25, -0.2) is 4.79 Å². The Morgan fingerprint density at radius 2 is 1.62 bits per heavy atom. The summed E-state index contributed by atoms with van der Waals surface area (Å²) < 4.78 is 5.41. The molecule has 0 radical (unpaired) electrons. The number of carboxylic acids is 1. The molecule has 2 amide bonds. The molecule has 0 bridgehead atoms. The third-order valence-corrected chi connectivity index (χ3v) is 5.29. The average Bonchev–Trinajstić information content (AvgIpc) is 2.65. The molecule has 1 heterocycles. The molecular formula is C21H39N3O5. The largest absolute Gasteiger partial charge is 0.481 e. The predicted octanol–water partition coefficient (Wildman–Crippen LogP) is 2.75. The number of likely N-dealkylation sites (tertiary alicyclic amines) is 1. The monoisotopic (exact) mass is 413 g/mol. The van der Waals surface area contributed by atoms with Crippen molar-refractivity contribution >= 4 is 18.0 Å². The summed E-state index contributed by atoms with van der Waals surface area (Å²) in [6.07, 6.45) is 7.32. The number of rotatable bonds is 4. The van der Waals surface area contributed by atoms with Gasteiger partial charge in [-0.1, -0.05) is 19.3 Å². The lowest BCUT2D eigenvalue weighted by atomic mass is 9.84. The normalized spacial score (nSPS) is 19.6. The van der Waals surface area contributed by atoms with Gasteiger partial charge in [-0.2, -0.15) is 0 Å². The molecule has 0 aromatic heterocycles. The van der Waals surface area contributed by atoms with E-state index in [1.807, 2.05) is 20.8 Å². The number of carbonyl (C=O) groups is 3. The minimum absolute atomic E-state index is 0.0125. The van der Waals surface area contributed by atoms with Gasteiger partial charge >= 0.3 is 6.09 Å². The van der Waals surface area contributed by atoms with Crippen LogP contribution in [0, 0.1) is 11.8 Å². The molecule has 0 spiro atoms. The summed E-state index contributed by atoms with van der Waals surface area (Å²) >= 11 is 0. The van der Waals surface area contributed by atoms with E-state index >= 15 is 0 Å². The van der Waals surface area contributed by atoms with Crippen LogP contribution in [0.1, 0.15) is 72.6 Å². The van der Waals surface area contributed by atoms with Crippen LogP contribution in [0.25, 0.3) is 0 Å². The van der Waals surface area contributed by atoms with Crippen LogP contribution in [-0.4, -0.2) is 59.3 Å². The lowest BCUT2D eigenvalue weighted by Crippen LogP contribution is -2.48. The van der Waals surface area contributed by atoms with Crippen molar-refractivity contribution in [1.82, 2.24) is 10.2 Å². The van der Waals surface area contributed by atoms with Crippen LogP contribution < -0.4 is 11.1 Å². The molecule has 2 rings (SSSR count). The fourth-order valence-electron chi connectivity index (χ4n) is 3.72. The summed E-state index contributed by atoms with van der Waals surface area (Å²) in [5.74, 6) is -0.106. The van der Waals surface area contributed by atoms with Crippen molar-refractivity contribution in [2.24, 2.45) is 17.6 Å². The molecule has 2 aliphatic rings. The molecule has 2 fully saturated rings. The second-order valence-corrected chi connectivity index (χ2v) is 9.10. The third kappa shape index (κ3) is 10.5. The van der Waals surface area contributed by atoms with E-state index in [4.69, 9.17) is 20.4 Å². The molecule has 8 nitrogen and oxygen atoms in total. The molecule has 0 aromatic rings. The minimum Gasteiger partial charge on any atom is -0.481 e. The Balaban J connectivity index is 0.000000960. The molecular weight excluding hydrogens is 374 g/mol. The van der Waals surface area contributed by atoms with Gasteiger partial charge in [-0.3, -0.25) is 9.59 Å². The highest BCUT2D eigenvalue weighted by Crippen LogP contribution is 2.26. The second-order valence-electron chi connectivity index (χ2n) is 9.10. The number of hydrogen-bond donors (Lipinski definition) is 3. The Morgan fingerprint density at radius 1 is 1.10 bits per heavy atom. The van der Waals surface area contributed by atoms with Crippen LogP contribution in [-0.2, 0) is 14.3 Å². The minimum atomic E-state index is -0.833. The zero-order chi connectivity index (χ0) is 22.0. The molecule has 1 aliphatic heterocycles. The van der Waals surface area contributed by atoms with Gasteiger partial charge in [0, 0.05) is 26.6 Å². The lowest BCUT2D eigenvalue weighted by Gasteiger charge is -2.34. The summed E-state index contributed by atoms with van der Waals surface area (Å²) in [6.45, 7) is 8.74. The van der Waals surface area contributed by atoms with E-state index in [0.717, 1.165) is 32.6 Å². The smallest absolute Gasteiger partial charge is 0.410 e. The summed E-state index contributed by atoms with van der Waals surface area (Å²) in [5, 5.41) is 10.4. The van der Waals surface area contributed by atoms with E-state index in [1.54, 1.807) is 4.90 Å². The van der Waals surface area contributed by atoms with Gasteiger partial charge in [0.05, 0.1) is 6.04 Å². The van der Waals surface area contributed by atoms with Crippen molar-refractivity contribution in [3.05, 3.63) is 0 Å². The molecule has 1 saturated heterocycles. The molecule has 0 aromatic carbocycles. The predicted molar refractivity (Wildman–Crippen MR) is 111 cm³/mol. The maximum absolute atomic E-state index is 12.3. The number of nitrogens with two attached hydrogens (primary N) is 1. The van der Waals surface area contributed by atoms with Gasteiger partial charge in [0.25, 0.3) is 5.97 Å². The third-order valence-electron chi connectivity index (χ3n) is 5.29. The molecule has 29 heavy (non-hydrogen) atoms. The highest BCUT2D eigenvalue weighted by molar-refractivity contribution is 5.81. The van der Waals surface area contributed by atoms with Crippen LogP contribution in [0.15, 0.2) is 0 Å². The van der Waals surface area contributed by atoms with Crippen molar-refractivity contribution in [2.45, 2.75) is 84.3 Å². The van der Waals surface area contributed by atoms with Crippen LogP contribution in [0.5, 0.6) is 0 Å². The second kappa shape index (κ2) is 12.0. The number of carbonyl (C=O) groups excluding carboxylic acids is 2. The topological polar surface area (TPSA) is 122 Å². The molecule has 168 valence electrons. The van der Waals surface area contributed by atoms with Gasteiger partial charge in [0.1, 0.15) is 5.60 Å². The molecule has 1 atom stereocenters. The first kappa shape index (κ1) is 25.2. The lowest BCUT2D eigenvalue weighted by molar-refractivity contribution is -0.134. The quantitative estimate of drug-likeness (QED) is 0.651. The summed E-state index contributed by atoms with van der Waals surface area (Å²) in [6, 6.07) is -0.373. The summed E-state index contributed by atoms with van der Waals surface area (Å²) in [5.41, 5.74) is 5.69. The van der Waals surface area contributed by atoms with Crippen molar-refractivity contribution in [1.29, 1.82) is 0 Å². The number of nitrogens with zero attached hydrogens (tertiary/aromatic N) is 1. The van der Waals surface area contributed by atoms with E-state index in [9.17, 15) is 9.59 Å². The van der Waals surface area contributed by atoms with Crippen molar-refractivity contribution in [3.63, 3.8) is 0 Å². The van der Waals surface area contributed by atoms with Gasteiger partial charge < -0.3 is 25.8 Å². The number of piperidine rings is 1. The Labute approximate surface area is 174 Å². The highest BCUT2D eigenvalue weighted by atomic mass is 16.6. The van der Waals surface area contributed by atoms with E-state index in [-0.39, 0.29) is 18.0 Å².